The van der Waals surface area contributed by atoms with Gasteiger partial charge >= 0.3 is 0 Å². The normalized spacial score (nSPS) is 32.8. The maximum Gasteiger partial charge on any atom is 0.153 e. The Kier molecular flexibility index (Phi) is 1.80. The van der Waals surface area contributed by atoms with Crippen LogP contribution in [0.4, 0.5) is 0 Å². The molecule has 1 aliphatic heterocycles. The molecule has 1 heterocycles. The summed E-state index contributed by atoms with van der Waals surface area (Å²) in [6.45, 7) is 1.94. The highest BCUT2D eigenvalue weighted by atomic mass is 32.2. The van der Waals surface area contributed by atoms with Crippen molar-refractivity contribution in [2.45, 2.75) is 31.4 Å². The van der Waals surface area contributed by atoms with Gasteiger partial charge in [0.2, 0.25) is 0 Å². The highest BCUT2D eigenvalue weighted by molar-refractivity contribution is 7.92. The molecular weight excluding hydrogens is 136 g/mol. The van der Waals surface area contributed by atoms with E-state index in [2.05, 4.69) is 0 Å². The summed E-state index contributed by atoms with van der Waals surface area (Å²) in [7, 11) is -2.64. The molecule has 1 atom stereocenters. The number of rotatable bonds is 1. The molecule has 1 unspecified atom stereocenters. The van der Waals surface area contributed by atoms with Crippen LogP contribution in [0.5, 0.6) is 0 Å². The van der Waals surface area contributed by atoms with Gasteiger partial charge in [0.1, 0.15) is 0 Å². The molecule has 2 nitrogen and oxygen atoms in total. The first-order valence-electron chi connectivity index (χ1n) is 3.38. The van der Waals surface area contributed by atoms with E-state index in [9.17, 15) is 8.42 Å². The zero-order valence-corrected chi connectivity index (χ0v) is 6.45. The number of hydrogen-bond acceptors (Lipinski definition) is 2. The second kappa shape index (κ2) is 2.29. The zero-order chi connectivity index (χ0) is 6.91. The molecule has 0 saturated carbocycles. The van der Waals surface area contributed by atoms with E-state index in [1.165, 1.54) is 0 Å². The first kappa shape index (κ1) is 7.06. The van der Waals surface area contributed by atoms with Gasteiger partial charge in [-0.05, 0) is 19.3 Å². The minimum Gasteiger partial charge on any atom is -0.229 e. The van der Waals surface area contributed by atoms with Crippen molar-refractivity contribution in [1.82, 2.24) is 0 Å². The van der Waals surface area contributed by atoms with Crippen LogP contribution in [0.2, 0.25) is 0 Å². The van der Waals surface area contributed by atoms with Crippen molar-refractivity contribution in [3.8, 4) is 0 Å². The summed E-state index contributed by atoms with van der Waals surface area (Å²) in [6.07, 6.45) is 2.56. The molecule has 0 N–H and O–H groups in total. The predicted molar refractivity (Wildman–Crippen MR) is 37.1 cm³/mol. The van der Waals surface area contributed by atoms with Crippen molar-refractivity contribution in [3.05, 3.63) is 0 Å². The maximum atomic E-state index is 11.0. The smallest absolute Gasteiger partial charge is 0.153 e. The van der Waals surface area contributed by atoms with E-state index in [1.807, 2.05) is 6.92 Å². The van der Waals surface area contributed by atoms with Crippen LogP contribution in [-0.2, 0) is 9.84 Å². The highest BCUT2D eigenvalue weighted by Gasteiger charge is 2.28. The van der Waals surface area contributed by atoms with Gasteiger partial charge in [0.15, 0.2) is 9.84 Å². The molecule has 0 radical (unpaired) electrons. The van der Waals surface area contributed by atoms with Crippen LogP contribution < -0.4 is 0 Å². The van der Waals surface area contributed by atoms with Gasteiger partial charge in [0.05, 0.1) is 11.0 Å². The Balaban J connectivity index is 2.75. The Bertz CT molecular complexity index is 181. The van der Waals surface area contributed by atoms with Crippen molar-refractivity contribution in [2.24, 2.45) is 0 Å². The quantitative estimate of drug-likeness (QED) is 0.555. The van der Waals surface area contributed by atoms with E-state index in [-0.39, 0.29) is 5.25 Å². The summed E-state index contributed by atoms with van der Waals surface area (Å²) in [4.78, 5) is 0. The second-order valence-corrected chi connectivity index (χ2v) is 4.94. The summed E-state index contributed by atoms with van der Waals surface area (Å²) in [6, 6.07) is 0. The third-order valence-electron chi connectivity index (χ3n) is 1.92. The minimum atomic E-state index is -2.64. The summed E-state index contributed by atoms with van der Waals surface area (Å²) in [5, 5.41) is -0.0162. The lowest BCUT2D eigenvalue weighted by Gasteiger charge is -2.02. The number of hydrogen-bond donors (Lipinski definition) is 0. The molecule has 0 aromatic carbocycles. The predicted octanol–water partition coefficient (Wildman–Crippen LogP) is 0.974. The van der Waals surface area contributed by atoms with E-state index >= 15 is 0 Å². The van der Waals surface area contributed by atoms with Gasteiger partial charge in [-0.25, -0.2) is 8.42 Å². The van der Waals surface area contributed by atoms with Crippen LogP contribution in [-0.4, -0.2) is 19.4 Å². The molecule has 0 amide bonds. The molecule has 54 valence electrons. The topological polar surface area (TPSA) is 34.1 Å². The largest absolute Gasteiger partial charge is 0.229 e. The van der Waals surface area contributed by atoms with E-state index < -0.39 is 9.84 Å². The van der Waals surface area contributed by atoms with Gasteiger partial charge in [0.25, 0.3) is 0 Å². The molecule has 1 aliphatic rings. The third-order valence-corrected chi connectivity index (χ3v) is 4.36. The average Bonchev–Trinajstić information content (AvgIpc) is 2.08. The van der Waals surface area contributed by atoms with E-state index in [1.54, 1.807) is 0 Å². The third kappa shape index (κ3) is 1.26. The van der Waals surface area contributed by atoms with Crippen LogP contribution in [0, 0.1) is 0 Å². The van der Waals surface area contributed by atoms with Crippen molar-refractivity contribution < 1.29 is 8.42 Å². The van der Waals surface area contributed by atoms with Gasteiger partial charge in [-0.3, -0.25) is 0 Å². The van der Waals surface area contributed by atoms with Crippen LogP contribution >= 0.6 is 0 Å². The molecule has 0 spiro atoms. The van der Waals surface area contributed by atoms with Crippen molar-refractivity contribution >= 4 is 9.84 Å². The van der Waals surface area contributed by atoms with Crippen molar-refractivity contribution in [1.29, 1.82) is 0 Å². The minimum absolute atomic E-state index is 0.0162. The Morgan fingerprint density at radius 3 is 2.44 bits per heavy atom. The lowest BCUT2D eigenvalue weighted by molar-refractivity contribution is 0.586. The maximum absolute atomic E-state index is 11.0. The lowest BCUT2D eigenvalue weighted by Crippen LogP contribution is -2.13. The second-order valence-electron chi connectivity index (χ2n) is 2.54. The average molecular weight is 148 g/mol. The van der Waals surface area contributed by atoms with Gasteiger partial charge in [-0.15, -0.1) is 0 Å². The first-order valence-corrected chi connectivity index (χ1v) is 5.10. The molecule has 0 aliphatic carbocycles. The van der Waals surface area contributed by atoms with Gasteiger partial charge < -0.3 is 0 Å². The molecule has 1 saturated heterocycles. The molecule has 3 heteroatoms. The Morgan fingerprint density at radius 2 is 2.22 bits per heavy atom. The van der Waals surface area contributed by atoms with Crippen LogP contribution in [0.25, 0.3) is 0 Å². The van der Waals surface area contributed by atoms with Gasteiger partial charge in [0, 0.05) is 0 Å². The SMILES string of the molecule is CCC1CCCS1(=O)=O. The fourth-order valence-corrected chi connectivity index (χ4v) is 3.25. The van der Waals surface area contributed by atoms with Gasteiger partial charge in [-0.2, -0.15) is 0 Å². The van der Waals surface area contributed by atoms with E-state index in [4.69, 9.17) is 0 Å². The molecule has 0 bridgehead atoms. The summed E-state index contributed by atoms with van der Waals surface area (Å²) >= 11 is 0. The molecule has 0 aromatic heterocycles. The summed E-state index contributed by atoms with van der Waals surface area (Å²) in [5.74, 6) is 0.422. The monoisotopic (exact) mass is 148 g/mol. The van der Waals surface area contributed by atoms with Crippen molar-refractivity contribution in [3.63, 3.8) is 0 Å². The fourth-order valence-electron chi connectivity index (χ4n) is 1.32. The van der Waals surface area contributed by atoms with E-state index in [0.29, 0.717) is 5.75 Å². The standard InChI is InChI=1S/C6H12O2S/c1-2-6-4-3-5-9(6,7)8/h6H,2-5H2,1H3. The Labute approximate surface area is 56.2 Å². The van der Waals surface area contributed by atoms with E-state index in [0.717, 1.165) is 19.3 Å². The first-order chi connectivity index (χ1) is 4.17. The molecule has 9 heavy (non-hydrogen) atoms. The van der Waals surface area contributed by atoms with Crippen molar-refractivity contribution in [2.75, 3.05) is 5.75 Å². The summed E-state index contributed by atoms with van der Waals surface area (Å²) < 4.78 is 22.0. The lowest BCUT2D eigenvalue weighted by atomic mass is 10.2. The molecule has 1 rings (SSSR count). The van der Waals surface area contributed by atoms with Crippen LogP contribution in [0.1, 0.15) is 26.2 Å². The highest BCUT2D eigenvalue weighted by Crippen LogP contribution is 2.21. The number of sulfone groups is 1. The Hall–Kier alpha value is -0.0500. The fraction of sp³-hybridized carbons (Fsp3) is 1.00. The zero-order valence-electron chi connectivity index (χ0n) is 5.63. The molecule has 1 fully saturated rings. The van der Waals surface area contributed by atoms with Crippen LogP contribution in [0.3, 0.4) is 0 Å². The van der Waals surface area contributed by atoms with Gasteiger partial charge in [-0.1, -0.05) is 6.92 Å². The summed E-state index contributed by atoms with van der Waals surface area (Å²) in [5.41, 5.74) is 0. The Morgan fingerprint density at radius 1 is 1.56 bits per heavy atom. The molecular formula is C6H12O2S. The molecule has 0 aromatic rings. The van der Waals surface area contributed by atoms with Crippen LogP contribution in [0.15, 0.2) is 0 Å².